The van der Waals surface area contributed by atoms with E-state index < -0.39 is 0 Å². The SMILES string of the molecule is COC1(C2(NC(=O)c3ccccc3)CN(Cc3ccc(C)s3)C2)CC1. The Morgan fingerprint density at radius 3 is 2.48 bits per heavy atom. The van der Waals surface area contributed by atoms with Crippen LogP contribution in [0.3, 0.4) is 0 Å². The summed E-state index contributed by atoms with van der Waals surface area (Å²) in [4.78, 5) is 17.8. The molecule has 2 heterocycles. The second kappa shape index (κ2) is 6.24. The lowest BCUT2D eigenvalue weighted by atomic mass is 9.81. The van der Waals surface area contributed by atoms with E-state index in [1.807, 2.05) is 41.7 Å². The standard InChI is InChI=1S/C20H24N2O2S/c1-15-8-9-17(25-15)12-22-13-19(14-22,20(24-2)10-11-20)21-18(23)16-6-4-3-5-7-16/h3-9H,10-14H2,1-2H3,(H,21,23). The molecule has 1 aromatic carbocycles. The summed E-state index contributed by atoms with van der Waals surface area (Å²) in [5, 5.41) is 3.32. The Hall–Kier alpha value is -1.69. The lowest BCUT2D eigenvalue weighted by molar-refractivity contribution is -0.0850. The Kier molecular flexibility index (Phi) is 4.18. The van der Waals surface area contributed by atoms with E-state index in [4.69, 9.17) is 4.74 Å². The third-order valence-corrected chi connectivity index (χ3v) is 6.50. The van der Waals surface area contributed by atoms with Crippen molar-refractivity contribution in [2.45, 2.75) is 37.5 Å². The number of likely N-dealkylation sites (tertiary alicyclic amines) is 1. The molecule has 1 saturated heterocycles. The van der Waals surface area contributed by atoms with Gasteiger partial charge >= 0.3 is 0 Å². The minimum atomic E-state index is -0.277. The number of carbonyl (C=O) groups excluding carboxylic acids is 1. The molecule has 1 aliphatic carbocycles. The van der Waals surface area contributed by atoms with Gasteiger partial charge in [0, 0.05) is 42.1 Å². The summed E-state index contributed by atoms with van der Waals surface area (Å²) in [7, 11) is 1.77. The molecule has 2 aliphatic rings. The van der Waals surface area contributed by atoms with Gasteiger partial charge in [-0.3, -0.25) is 9.69 Å². The minimum absolute atomic E-state index is 0.00413. The maximum atomic E-state index is 12.7. The summed E-state index contributed by atoms with van der Waals surface area (Å²) in [6, 6.07) is 13.8. The number of carbonyl (C=O) groups is 1. The van der Waals surface area contributed by atoms with Crippen LogP contribution >= 0.6 is 11.3 Å². The van der Waals surface area contributed by atoms with Crippen molar-refractivity contribution in [2.75, 3.05) is 20.2 Å². The van der Waals surface area contributed by atoms with E-state index in [9.17, 15) is 4.79 Å². The molecule has 0 spiro atoms. The van der Waals surface area contributed by atoms with Crippen LogP contribution in [0.2, 0.25) is 0 Å². The molecule has 1 aliphatic heterocycles. The van der Waals surface area contributed by atoms with Crippen molar-refractivity contribution in [1.82, 2.24) is 10.2 Å². The molecule has 2 fully saturated rings. The normalized spacial score (nSPS) is 20.7. The van der Waals surface area contributed by atoms with Gasteiger partial charge in [0.05, 0.1) is 11.1 Å². The topological polar surface area (TPSA) is 41.6 Å². The first kappa shape index (κ1) is 16.8. The fraction of sp³-hybridized carbons (Fsp3) is 0.450. The van der Waals surface area contributed by atoms with Crippen LogP contribution in [-0.2, 0) is 11.3 Å². The van der Waals surface area contributed by atoms with Crippen LogP contribution in [0.4, 0.5) is 0 Å². The Morgan fingerprint density at radius 2 is 1.92 bits per heavy atom. The van der Waals surface area contributed by atoms with E-state index in [0.29, 0.717) is 5.56 Å². The molecule has 132 valence electrons. The Labute approximate surface area is 152 Å². The summed E-state index contributed by atoms with van der Waals surface area (Å²) >= 11 is 1.84. The van der Waals surface area contributed by atoms with Crippen LogP contribution in [0.5, 0.6) is 0 Å². The smallest absolute Gasteiger partial charge is 0.251 e. The zero-order chi connectivity index (χ0) is 17.5. The number of nitrogens with zero attached hydrogens (tertiary/aromatic N) is 1. The molecule has 1 saturated carbocycles. The highest BCUT2D eigenvalue weighted by atomic mass is 32.1. The first-order valence-corrected chi connectivity index (χ1v) is 9.58. The molecule has 1 N–H and O–H groups in total. The zero-order valence-corrected chi connectivity index (χ0v) is 15.6. The van der Waals surface area contributed by atoms with Gasteiger partial charge < -0.3 is 10.1 Å². The van der Waals surface area contributed by atoms with E-state index >= 15 is 0 Å². The second-order valence-corrected chi connectivity index (χ2v) is 8.63. The van der Waals surface area contributed by atoms with Gasteiger partial charge in [-0.2, -0.15) is 0 Å². The third kappa shape index (κ3) is 3.01. The van der Waals surface area contributed by atoms with E-state index in [0.717, 1.165) is 32.5 Å². The van der Waals surface area contributed by atoms with Crippen molar-refractivity contribution < 1.29 is 9.53 Å². The molecule has 0 bridgehead atoms. The maximum Gasteiger partial charge on any atom is 0.251 e. The first-order valence-electron chi connectivity index (χ1n) is 8.76. The van der Waals surface area contributed by atoms with Crippen LogP contribution in [0, 0.1) is 6.92 Å². The first-order chi connectivity index (χ1) is 12.1. The molecule has 4 rings (SSSR count). The van der Waals surface area contributed by atoms with E-state index in [-0.39, 0.29) is 17.0 Å². The van der Waals surface area contributed by atoms with Crippen molar-refractivity contribution in [3.63, 3.8) is 0 Å². The number of ether oxygens (including phenoxy) is 1. The Bertz CT molecular complexity index is 761. The number of benzene rings is 1. The Morgan fingerprint density at radius 1 is 1.20 bits per heavy atom. The molecule has 25 heavy (non-hydrogen) atoms. The van der Waals surface area contributed by atoms with Crippen LogP contribution in [0.15, 0.2) is 42.5 Å². The monoisotopic (exact) mass is 356 g/mol. The van der Waals surface area contributed by atoms with Gasteiger partial charge in [-0.05, 0) is 44.0 Å². The maximum absolute atomic E-state index is 12.7. The van der Waals surface area contributed by atoms with Gasteiger partial charge in [0.1, 0.15) is 0 Å². The van der Waals surface area contributed by atoms with Crippen LogP contribution in [0.1, 0.15) is 33.0 Å². The predicted octanol–water partition coefficient (Wildman–Crippen LogP) is 3.22. The van der Waals surface area contributed by atoms with Crippen LogP contribution in [0.25, 0.3) is 0 Å². The summed E-state index contributed by atoms with van der Waals surface area (Å²) < 4.78 is 5.86. The highest BCUT2D eigenvalue weighted by molar-refractivity contribution is 7.11. The average Bonchev–Trinajstić information content (AvgIpc) is 3.30. The van der Waals surface area contributed by atoms with Crippen molar-refractivity contribution in [3.8, 4) is 0 Å². The molecule has 0 radical (unpaired) electrons. The van der Waals surface area contributed by atoms with Crippen molar-refractivity contribution >= 4 is 17.2 Å². The summed E-state index contributed by atoms with van der Waals surface area (Å²) in [5.74, 6) is -0.00413. The van der Waals surface area contributed by atoms with Gasteiger partial charge in [-0.1, -0.05) is 18.2 Å². The molecule has 1 amide bonds. The lowest BCUT2D eigenvalue weighted by Gasteiger charge is -2.54. The van der Waals surface area contributed by atoms with Crippen molar-refractivity contribution in [2.24, 2.45) is 0 Å². The number of amides is 1. The fourth-order valence-electron chi connectivity index (χ4n) is 3.97. The molecular formula is C20H24N2O2S. The Balaban J connectivity index is 1.48. The highest BCUT2D eigenvalue weighted by Crippen LogP contribution is 2.52. The highest BCUT2D eigenvalue weighted by Gasteiger charge is 2.65. The summed E-state index contributed by atoms with van der Waals surface area (Å²) in [6.45, 7) is 4.77. The van der Waals surface area contributed by atoms with Crippen LogP contribution in [-0.4, -0.2) is 42.1 Å². The van der Waals surface area contributed by atoms with Gasteiger partial charge in [-0.25, -0.2) is 0 Å². The quantitative estimate of drug-likeness (QED) is 0.864. The van der Waals surface area contributed by atoms with E-state index in [1.165, 1.54) is 9.75 Å². The molecule has 2 aromatic rings. The predicted molar refractivity (Wildman–Crippen MR) is 99.9 cm³/mol. The average molecular weight is 356 g/mol. The number of hydrogen-bond donors (Lipinski definition) is 1. The minimum Gasteiger partial charge on any atom is -0.376 e. The number of rotatable bonds is 6. The molecule has 0 unspecified atom stereocenters. The third-order valence-electron chi connectivity index (χ3n) is 5.52. The van der Waals surface area contributed by atoms with E-state index in [1.54, 1.807) is 7.11 Å². The number of nitrogens with one attached hydrogen (secondary N) is 1. The van der Waals surface area contributed by atoms with Crippen LogP contribution < -0.4 is 5.32 Å². The van der Waals surface area contributed by atoms with Gasteiger partial charge in [0.15, 0.2) is 0 Å². The van der Waals surface area contributed by atoms with E-state index in [2.05, 4.69) is 29.3 Å². The van der Waals surface area contributed by atoms with Gasteiger partial charge in [0.2, 0.25) is 0 Å². The van der Waals surface area contributed by atoms with Crippen molar-refractivity contribution in [3.05, 3.63) is 57.8 Å². The molecule has 5 heteroatoms. The molecule has 1 aromatic heterocycles. The molecule has 4 nitrogen and oxygen atoms in total. The second-order valence-electron chi connectivity index (χ2n) is 7.26. The number of methoxy groups -OCH3 is 1. The van der Waals surface area contributed by atoms with Crippen molar-refractivity contribution in [1.29, 1.82) is 0 Å². The zero-order valence-electron chi connectivity index (χ0n) is 14.7. The number of aryl methyl sites for hydroxylation is 1. The van der Waals surface area contributed by atoms with Gasteiger partial charge in [-0.15, -0.1) is 11.3 Å². The number of thiophene rings is 1. The summed E-state index contributed by atoms with van der Waals surface area (Å²) in [6.07, 6.45) is 2.04. The fourth-order valence-corrected chi connectivity index (χ4v) is 4.90. The largest absolute Gasteiger partial charge is 0.376 e. The van der Waals surface area contributed by atoms with Gasteiger partial charge in [0.25, 0.3) is 5.91 Å². The summed E-state index contributed by atoms with van der Waals surface area (Å²) in [5.41, 5.74) is 0.237. The molecule has 0 atom stereocenters. The number of hydrogen-bond acceptors (Lipinski definition) is 4. The lowest BCUT2D eigenvalue weighted by Crippen LogP contribution is -2.76. The molecular weight excluding hydrogens is 332 g/mol.